The molecule has 0 atom stereocenters. The number of anilines is 1. The van der Waals surface area contributed by atoms with Gasteiger partial charge in [-0.05, 0) is 50.7 Å². The lowest BCUT2D eigenvalue weighted by atomic mass is 10.2. The van der Waals surface area contributed by atoms with Crippen molar-refractivity contribution in [2.45, 2.75) is 19.4 Å². The van der Waals surface area contributed by atoms with Crippen LogP contribution in [0.3, 0.4) is 0 Å². The zero-order valence-corrected chi connectivity index (χ0v) is 12.6. The molecule has 0 aliphatic carbocycles. The van der Waals surface area contributed by atoms with E-state index in [1.807, 2.05) is 6.07 Å². The first-order chi connectivity index (χ1) is 8.65. The second-order valence-corrected chi connectivity index (χ2v) is 6.05. The molecule has 0 radical (unpaired) electrons. The number of nitrogens with zero attached hydrogens (tertiary/aromatic N) is 2. The van der Waals surface area contributed by atoms with Crippen molar-refractivity contribution in [2.75, 3.05) is 39.0 Å². The lowest BCUT2D eigenvalue weighted by Gasteiger charge is -2.22. The van der Waals surface area contributed by atoms with Gasteiger partial charge in [-0.15, -0.1) is 0 Å². The first kappa shape index (κ1) is 13.8. The van der Waals surface area contributed by atoms with Crippen LogP contribution in [0.5, 0.6) is 0 Å². The van der Waals surface area contributed by atoms with Crippen molar-refractivity contribution in [3.8, 4) is 0 Å². The Labute approximate surface area is 118 Å². The number of benzene rings is 1. The van der Waals surface area contributed by atoms with Gasteiger partial charge in [0.25, 0.3) is 0 Å². The number of nitrogens with two attached hydrogens (primary N) is 1. The highest BCUT2D eigenvalue weighted by Crippen LogP contribution is 2.19. The third kappa shape index (κ3) is 3.97. The van der Waals surface area contributed by atoms with Gasteiger partial charge in [0.2, 0.25) is 0 Å². The minimum Gasteiger partial charge on any atom is -0.398 e. The molecule has 2 rings (SSSR count). The van der Waals surface area contributed by atoms with Crippen LogP contribution in [0.2, 0.25) is 0 Å². The van der Waals surface area contributed by atoms with Crippen LogP contribution < -0.4 is 5.73 Å². The van der Waals surface area contributed by atoms with Gasteiger partial charge in [-0.25, -0.2) is 0 Å². The summed E-state index contributed by atoms with van der Waals surface area (Å²) in [5.74, 6) is 0. The monoisotopic (exact) mass is 311 g/mol. The summed E-state index contributed by atoms with van der Waals surface area (Å²) >= 11 is 3.44. The van der Waals surface area contributed by atoms with Crippen molar-refractivity contribution in [3.05, 3.63) is 28.2 Å². The molecule has 1 aromatic carbocycles. The molecule has 0 amide bonds. The third-order valence-electron chi connectivity index (χ3n) is 3.54. The van der Waals surface area contributed by atoms with Crippen molar-refractivity contribution >= 4 is 21.6 Å². The largest absolute Gasteiger partial charge is 0.398 e. The Hall–Kier alpha value is -0.580. The van der Waals surface area contributed by atoms with E-state index in [-0.39, 0.29) is 0 Å². The number of hydrogen-bond donors (Lipinski definition) is 1. The van der Waals surface area contributed by atoms with E-state index in [1.165, 1.54) is 38.0 Å². The number of nitrogen functional groups attached to an aromatic ring is 1. The average Bonchev–Trinajstić information content (AvgIpc) is 2.83. The van der Waals surface area contributed by atoms with Crippen LogP contribution in [-0.2, 0) is 6.54 Å². The Morgan fingerprint density at radius 1 is 1.33 bits per heavy atom. The van der Waals surface area contributed by atoms with Crippen LogP contribution in [0.4, 0.5) is 5.69 Å². The summed E-state index contributed by atoms with van der Waals surface area (Å²) in [5, 5.41) is 0. The predicted molar refractivity (Wildman–Crippen MR) is 80.6 cm³/mol. The van der Waals surface area contributed by atoms with E-state index in [0.717, 1.165) is 23.2 Å². The summed E-state index contributed by atoms with van der Waals surface area (Å²) < 4.78 is 1.04. The fraction of sp³-hybridized carbons (Fsp3) is 0.571. The minimum atomic E-state index is 0.873. The summed E-state index contributed by atoms with van der Waals surface area (Å²) in [4.78, 5) is 4.89. The highest BCUT2D eigenvalue weighted by atomic mass is 79.9. The van der Waals surface area contributed by atoms with Gasteiger partial charge in [0.05, 0.1) is 0 Å². The molecule has 18 heavy (non-hydrogen) atoms. The molecule has 0 unspecified atom stereocenters. The molecule has 2 N–H and O–H groups in total. The summed E-state index contributed by atoms with van der Waals surface area (Å²) in [7, 11) is 2.16. The zero-order chi connectivity index (χ0) is 13.0. The van der Waals surface area contributed by atoms with Crippen molar-refractivity contribution in [1.29, 1.82) is 0 Å². The number of rotatable bonds is 5. The van der Waals surface area contributed by atoms with Crippen LogP contribution >= 0.6 is 15.9 Å². The Morgan fingerprint density at radius 3 is 2.72 bits per heavy atom. The second-order valence-electron chi connectivity index (χ2n) is 5.13. The van der Waals surface area contributed by atoms with Crippen molar-refractivity contribution in [3.63, 3.8) is 0 Å². The van der Waals surface area contributed by atoms with Gasteiger partial charge in [0, 0.05) is 29.8 Å². The van der Waals surface area contributed by atoms with Crippen LogP contribution in [-0.4, -0.2) is 43.0 Å². The Bertz CT molecular complexity index is 389. The number of likely N-dealkylation sites (N-methyl/N-ethyl adjacent to an activating group) is 1. The molecule has 1 aromatic rings. The van der Waals surface area contributed by atoms with Crippen LogP contribution in [0.1, 0.15) is 18.4 Å². The lowest BCUT2D eigenvalue weighted by molar-refractivity contribution is 0.252. The molecule has 1 aliphatic heterocycles. The van der Waals surface area contributed by atoms with Gasteiger partial charge in [0.1, 0.15) is 0 Å². The van der Waals surface area contributed by atoms with E-state index in [1.54, 1.807) is 0 Å². The first-order valence-corrected chi connectivity index (χ1v) is 7.39. The van der Waals surface area contributed by atoms with Crippen LogP contribution in [0.25, 0.3) is 0 Å². The van der Waals surface area contributed by atoms with E-state index >= 15 is 0 Å². The van der Waals surface area contributed by atoms with E-state index in [2.05, 4.69) is 44.9 Å². The zero-order valence-electron chi connectivity index (χ0n) is 11.0. The SMILES string of the molecule is CN(CCN1CCCC1)Cc1ccc(Br)cc1N. The predicted octanol–water partition coefficient (Wildman–Crippen LogP) is 2.56. The van der Waals surface area contributed by atoms with Crippen LogP contribution in [0.15, 0.2) is 22.7 Å². The van der Waals surface area contributed by atoms with Crippen LogP contribution in [0, 0.1) is 0 Å². The smallest absolute Gasteiger partial charge is 0.0371 e. The fourth-order valence-electron chi connectivity index (χ4n) is 2.40. The van der Waals surface area contributed by atoms with Crippen molar-refractivity contribution in [2.24, 2.45) is 0 Å². The number of likely N-dealkylation sites (tertiary alicyclic amines) is 1. The van der Waals surface area contributed by atoms with Gasteiger partial charge >= 0.3 is 0 Å². The summed E-state index contributed by atoms with van der Waals surface area (Å²) in [6, 6.07) is 6.13. The number of halogens is 1. The quantitative estimate of drug-likeness (QED) is 0.848. The molecule has 0 spiro atoms. The normalized spacial score (nSPS) is 16.6. The molecule has 1 heterocycles. The molecule has 0 saturated carbocycles. The van der Waals surface area contributed by atoms with E-state index in [4.69, 9.17) is 5.73 Å². The highest BCUT2D eigenvalue weighted by Gasteiger charge is 2.12. The van der Waals surface area contributed by atoms with Gasteiger partial charge in [0.15, 0.2) is 0 Å². The second kappa shape index (κ2) is 6.55. The van der Waals surface area contributed by atoms with Gasteiger partial charge in [-0.3, -0.25) is 0 Å². The van der Waals surface area contributed by atoms with E-state index in [9.17, 15) is 0 Å². The summed E-state index contributed by atoms with van der Waals surface area (Å²) in [6.45, 7) is 5.75. The van der Waals surface area contributed by atoms with Crippen molar-refractivity contribution in [1.82, 2.24) is 9.80 Å². The fourth-order valence-corrected chi connectivity index (χ4v) is 2.78. The van der Waals surface area contributed by atoms with Gasteiger partial charge < -0.3 is 15.5 Å². The van der Waals surface area contributed by atoms with Gasteiger partial charge in [-0.2, -0.15) is 0 Å². The standard InChI is InChI=1S/C14H22BrN3/c1-17(8-9-18-6-2-3-7-18)11-12-4-5-13(15)10-14(12)16/h4-5,10H,2-3,6-9,11,16H2,1H3. The molecular formula is C14H22BrN3. The molecule has 1 fully saturated rings. The Balaban J connectivity index is 1.80. The third-order valence-corrected chi connectivity index (χ3v) is 4.04. The average molecular weight is 312 g/mol. The Kier molecular flexibility index (Phi) is 5.03. The summed E-state index contributed by atoms with van der Waals surface area (Å²) in [5.41, 5.74) is 8.10. The molecule has 0 aromatic heterocycles. The summed E-state index contributed by atoms with van der Waals surface area (Å²) in [6.07, 6.45) is 2.73. The van der Waals surface area contributed by atoms with E-state index < -0.39 is 0 Å². The Morgan fingerprint density at radius 2 is 2.06 bits per heavy atom. The minimum absolute atomic E-state index is 0.873. The molecule has 4 heteroatoms. The van der Waals surface area contributed by atoms with Crippen molar-refractivity contribution < 1.29 is 0 Å². The molecular weight excluding hydrogens is 290 g/mol. The molecule has 100 valence electrons. The maximum Gasteiger partial charge on any atom is 0.0371 e. The highest BCUT2D eigenvalue weighted by molar-refractivity contribution is 9.10. The molecule has 1 aliphatic rings. The molecule has 3 nitrogen and oxygen atoms in total. The molecule has 1 saturated heterocycles. The topological polar surface area (TPSA) is 32.5 Å². The molecule has 0 bridgehead atoms. The lowest BCUT2D eigenvalue weighted by Crippen LogP contribution is -2.31. The van der Waals surface area contributed by atoms with Gasteiger partial charge in [-0.1, -0.05) is 22.0 Å². The maximum atomic E-state index is 6.02. The van der Waals surface area contributed by atoms with E-state index in [0.29, 0.717) is 0 Å². The maximum absolute atomic E-state index is 6.02. The first-order valence-electron chi connectivity index (χ1n) is 6.60. The number of hydrogen-bond acceptors (Lipinski definition) is 3.